The summed E-state index contributed by atoms with van der Waals surface area (Å²) < 4.78 is 5.62. The lowest BCUT2D eigenvalue weighted by Gasteiger charge is -2.09. The Balaban J connectivity index is 1.62. The number of hydrogen-bond donors (Lipinski definition) is 1. The summed E-state index contributed by atoms with van der Waals surface area (Å²) in [5, 5.41) is 10.9. The second kappa shape index (κ2) is 7.31. The Hall–Kier alpha value is -2.60. The first-order chi connectivity index (χ1) is 11.6. The van der Waals surface area contributed by atoms with Gasteiger partial charge in [-0.05, 0) is 38.1 Å². The van der Waals surface area contributed by atoms with Crippen molar-refractivity contribution in [2.24, 2.45) is 0 Å². The average Bonchev–Trinajstić information content (AvgIpc) is 3.06. The average molecular weight is 339 g/mol. The van der Waals surface area contributed by atoms with Gasteiger partial charge in [0.2, 0.25) is 11.8 Å². The van der Waals surface area contributed by atoms with E-state index in [9.17, 15) is 4.79 Å². The normalized spacial score (nSPS) is 11.9. The van der Waals surface area contributed by atoms with Crippen LogP contribution >= 0.6 is 11.8 Å². The molecule has 0 aliphatic carbocycles. The van der Waals surface area contributed by atoms with E-state index in [-0.39, 0.29) is 11.2 Å². The molecule has 24 heavy (non-hydrogen) atoms. The van der Waals surface area contributed by atoms with E-state index in [4.69, 9.17) is 4.42 Å². The highest BCUT2D eigenvalue weighted by Gasteiger charge is 2.18. The zero-order valence-corrected chi connectivity index (χ0v) is 14.2. The molecule has 0 aliphatic rings. The molecule has 3 aromatic rings. The van der Waals surface area contributed by atoms with Crippen molar-refractivity contribution < 1.29 is 9.21 Å². The van der Waals surface area contributed by atoms with Crippen LogP contribution in [0.4, 0.5) is 5.69 Å². The van der Waals surface area contributed by atoms with Gasteiger partial charge in [-0.15, -0.1) is 10.2 Å². The Labute approximate surface area is 144 Å². The Morgan fingerprint density at radius 3 is 2.50 bits per heavy atom. The maximum Gasteiger partial charge on any atom is 0.277 e. The summed E-state index contributed by atoms with van der Waals surface area (Å²) in [5.74, 6) is 0.340. The van der Waals surface area contributed by atoms with Crippen LogP contribution in [0.3, 0.4) is 0 Å². The molecule has 0 saturated carbocycles. The molecule has 6 heteroatoms. The molecule has 3 rings (SSSR count). The summed E-state index contributed by atoms with van der Waals surface area (Å²) in [4.78, 5) is 12.3. The Kier molecular flexibility index (Phi) is 4.96. The van der Waals surface area contributed by atoms with Gasteiger partial charge in [-0.3, -0.25) is 4.79 Å². The number of aromatic nitrogens is 2. The molecule has 2 aromatic carbocycles. The molecule has 0 radical (unpaired) electrons. The number of rotatable bonds is 5. The zero-order valence-electron chi connectivity index (χ0n) is 13.4. The van der Waals surface area contributed by atoms with Crippen LogP contribution in [0.1, 0.15) is 12.5 Å². The van der Waals surface area contributed by atoms with Crippen molar-refractivity contribution in [2.45, 2.75) is 24.3 Å². The smallest absolute Gasteiger partial charge is 0.277 e. The first-order valence-corrected chi connectivity index (χ1v) is 8.43. The number of nitrogens with zero attached hydrogens (tertiary/aromatic N) is 2. The van der Waals surface area contributed by atoms with Gasteiger partial charge in [0.05, 0.1) is 5.25 Å². The van der Waals surface area contributed by atoms with E-state index < -0.39 is 0 Å². The predicted molar refractivity (Wildman–Crippen MR) is 94.9 cm³/mol. The van der Waals surface area contributed by atoms with E-state index in [1.165, 1.54) is 11.8 Å². The molecule has 0 aliphatic heterocycles. The van der Waals surface area contributed by atoms with Gasteiger partial charge in [0.25, 0.3) is 5.22 Å². The molecule has 1 amide bonds. The van der Waals surface area contributed by atoms with Crippen LogP contribution < -0.4 is 5.32 Å². The van der Waals surface area contributed by atoms with Gasteiger partial charge in [-0.2, -0.15) is 0 Å². The molecule has 0 unspecified atom stereocenters. The SMILES string of the molecule is Cc1ccc(NC(=O)[C@@H](C)Sc2nnc(-c3ccccc3)o2)cc1. The summed E-state index contributed by atoms with van der Waals surface area (Å²) in [6.07, 6.45) is 0. The highest BCUT2D eigenvalue weighted by Crippen LogP contribution is 2.26. The van der Waals surface area contributed by atoms with Gasteiger partial charge in [0.15, 0.2) is 0 Å². The highest BCUT2D eigenvalue weighted by atomic mass is 32.2. The van der Waals surface area contributed by atoms with Crippen molar-refractivity contribution in [2.75, 3.05) is 5.32 Å². The first kappa shape index (κ1) is 16.3. The van der Waals surface area contributed by atoms with E-state index in [1.807, 2.05) is 61.5 Å². The number of hydrogen-bond acceptors (Lipinski definition) is 5. The van der Waals surface area contributed by atoms with Gasteiger partial charge >= 0.3 is 0 Å². The van der Waals surface area contributed by atoms with Crippen LogP contribution in [-0.4, -0.2) is 21.4 Å². The van der Waals surface area contributed by atoms with E-state index >= 15 is 0 Å². The van der Waals surface area contributed by atoms with Crippen molar-refractivity contribution in [3.8, 4) is 11.5 Å². The van der Waals surface area contributed by atoms with Gasteiger partial charge in [-0.1, -0.05) is 47.7 Å². The van der Waals surface area contributed by atoms with Gasteiger partial charge in [0.1, 0.15) is 0 Å². The number of nitrogens with one attached hydrogen (secondary N) is 1. The lowest BCUT2D eigenvalue weighted by molar-refractivity contribution is -0.115. The third kappa shape index (κ3) is 4.02. The fourth-order valence-corrected chi connectivity index (χ4v) is 2.72. The first-order valence-electron chi connectivity index (χ1n) is 7.55. The molecule has 0 spiro atoms. The number of aryl methyl sites for hydroxylation is 1. The van der Waals surface area contributed by atoms with Crippen molar-refractivity contribution in [3.63, 3.8) is 0 Å². The number of benzene rings is 2. The number of thioether (sulfide) groups is 1. The lowest BCUT2D eigenvalue weighted by atomic mass is 10.2. The molecular weight excluding hydrogens is 322 g/mol. The third-order valence-corrected chi connectivity index (χ3v) is 4.33. The topological polar surface area (TPSA) is 68.0 Å². The standard InChI is InChI=1S/C18H17N3O2S/c1-12-8-10-15(11-9-12)19-16(22)13(2)24-18-21-20-17(23-18)14-6-4-3-5-7-14/h3-11,13H,1-2H3,(H,19,22)/t13-/m1/s1. The minimum atomic E-state index is -0.352. The second-order valence-electron chi connectivity index (χ2n) is 5.35. The van der Waals surface area contributed by atoms with E-state index in [0.29, 0.717) is 11.1 Å². The molecule has 1 aromatic heterocycles. The molecule has 0 saturated heterocycles. The summed E-state index contributed by atoms with van der Waals surface area (Å²) in [6.45, 7) is 3.81. The lowest BCUT2D eigenvalue weighted by Crippen LogP contribution is -2.22. The third-order valence-electron chi connectivity index (χ3n) is 3.39. The fraction of sp³-hybridized carbons (Fsp3) is 0.167. The Morgan fingerprint density at radius 1 is 1.08 bits per heavy atom. The highest BCUT2D eigenvalue weighted by molar-refractivity contribution is 8.00. The maximum absolute atomic E-state index is 12.3. The van der Waals surface area contributed by atoms with E-state index in [0.717, 1.165) is 16.8 Å². The molecule has 0 fully saturated rings. The molecule has 1 N–H and O–H groups in total. The van der Waals surface area contributed by atoms with Crippen LogP contribution in [0.5, 0.6) is 0 Å². The van der Waals surface area contributed by atoms with Gasteiger partial charge < -0.3 is 9.73 Å². The monoisotopic (exact) mass is 339 g/mol. The van der Waals surface area contributed by atoms with Gasteiger partial charge in [0, 0.05) is 11.3 Å². The summed E-state index contributed by atoms with van der Waals surface area (Å²) in [6, 6.07) is 17.2. The largest absolute Gasteiger partial charge is 0.411 e. The summed E-state index contributed by atoms with van der Waals surface area (Å²) in [5.41, 5.74) is 2.77. The maximum atomic E-state index is 12.3. The van der Waals surface area contributed by atoms with E-state index in [2.05, 4.69) is 15.5 Å². The molecular formula is C18H17N3O2S. The number of carbonyl (C=O) groups excluding carboxylic acids is 1. The van der Waals surface area contributed by atoms with Crippen LogP contribution in [0, 0.1) is 6.92 Å². The van der Waals surface area contributed by atoms with Crippen molar-refractivity contribution in [3.05, 3.63) is 60.2 Å². The second-order valence-corrected chi connectivity index (χ2v) is 6.65. The number of amides is 1. The fourth-order valence-electron chi connectivity index (χ4n) is 2.04. The molecule has 122 valence electrons. The molecule has 1 heterocycles. The van der Waals surface area contributed by atoms with Crippen LogP contribution in [0.2, 0.25) is 0 Å². The Morgan fingerprint density at radius 2 is 1.79 bits per heavy atom. The molecule has 0 bridgehead atoms. The van der Waals surface area contributed by atoms with Crippen molar-refractivity contribution in [1.29, 1.82) is 0 Å². The Bertz CT molecular complexity index is 816. The number of anilines is 1. The minimum Gasteiger partial charge on any atom is -0.411 e. The summed E-state index contributed by atoms with van der Waals surface area (Å²) >= 11 is 1.24. The van der Waals surface area contributed by atoms with Crippen molar-refractivity contribution >= 4 is 23.4 Å². The minimum absolute atomic E-state index is 0.108. The molecule has 5 nitrogen and oxygen atoms in total. The van der Waals surface area contributed by atoms with Crippen LogP contribution in [0.25, 0.3) is 11.5 Å². The van der Waals surface area contributed by atoms with Crippen molar-refractivity contribution in [1.82, 2.24) is 10.2 Å². The van der Waals surface area contributed by atoms with Crippen LogP contribution in [0.15, 0.2) is 64.2 Å². The van der Waals surface area contributed by atoms with Gasteiger partial charge in [-0.25, -0.2) is 0 Å². The predicted octanol–water partition coefficient (Wildman–Crippen LogP) is 4.16. The molecule has 1 atom stereocenters. The van der Waals surface area contributed by atoms with Crippen LogP contribution in [-0.2, 0) is 4.79 Å². The quantitative estimate of drug-likeness (QED) is 0.707. The summed E-state index contributed by atoms with van der Waals surface area (Å²) in [7, 11) is 0. The zero-order chi connectivity index (χ0) is 16.9. The number of carbonyl (C=O) groups is 1. The van der Waals surface area contributed by atoms with E-state index in [1.54, 1.807) is 6.92 Å².